The van der Waals surface area contributed by atoms with Crippen molar-refractivity contribution < 1.29 is 14.3 Å². The number of hydrogen-bond acceptors (Lipinski definition) is 3. The van der Waals surface area contributed by atoms with Crippen LogP contribution in [0, 0.1) is 0 Å². The third-order valence-electron chi connectivity index (χ3n) is 4.62. The molecule has 5 heteroatoms. The van der Waals surface area contributed by atoms with E-state index in [-0.39, 0.29) is 17.9 Å². The fourth-order valence-electron chi connectivity index (χ4n) is 3.36. The van der Waals surface area contributed by atoms with Gasteiger partial charge in [-0.1, -0.05) is 26.2 Å². The smallest absolute Gasteiger partial charge is 0.248 e. The van der Waals surface area contributed by atoms with Crippen LogP contribution >= 0.6 is 0 Å². The topological polar surface area (TPSA) is 58.6 Å². The zero-order valence-corrected chi connectivity index (χ0v) is 13.3. The van der Waals surface area contributed by atoms with E-state index in [2.05, 4.69) is 12.2 Å². The Bertz CT molecular complexity index is 378. The van der Waals surface area contributed by atoms with E-state index in [9.17, 15) is 9.59 Å². The Balaban J connectivity index is 1.97. The molecular formula is C16H28N2O3. The highest BCUT2D eigenvalue weighted by Crippen LogP contribution is 2.33. The normalized spacial score (nSPS) is 25.2. The highest BCUT2D eigenvalue weighted by Gasteiger charge is 2.49. The van der Waals surface area contributed by atoms with Crippen LogP contribution in [0.25, 0.3) is 0 Å². The second-order valence-electron chi connectivity index (χ2n) is 6.27. The summed E-state index contributed by atoms with van der Waals surface area (Å²) in [7, 11) is 0. The predicted molar refractivity (Wildman–Crippen MR) is 80.9 cm³/mol. The van der Waals surface area contributed by atoms with Crippen molar-refractivity contribution in [3.05, 3.63) is 0 Å². The number of piperazine rings is 1. The molecule has 1 N–H and O–H groups in total. The van der Waals surface area contributed by atoms with Gasteiger partial charge in [-0.3, -0.25) is 9.59 Å². The van der Waals surface area contributed by atoms with Gasteiger partial charge in [0.1, 0.15) is 11.6 Å². The monoisotopic (exact) mass is 296 g/mol. The van der Waals surface area contributed by atoms with Gasteiger partial charge in [-0.05, 0) is 32.6 Å². The number of nitrogens with zero attached hydrogens (tertiary/aromatic N) is 1. The molecule has 5 nitrogen and oxygen atoms in total. The molecule has 0 radical (unpaired) electrons. The van der Waals surface area contributed by atoms with Crippen LogP contribution in [0.5, 0.6) is 0 Å². The van der Waals surface area contributed by atoms with Gasteiger partial charge in [-0.15, -0.1) is 0 Å². The molecule has 2 rings (SSSR count). The van der Waals surface area contributed by atoms with E-state index < -0.39 is 5.54 Å². The molecule has 0 aromatic carbocycles. The second-order valence-corrected chi connectivity index (χ2v) is 6.27. The molecule has 1 saturated carbocycles. The molecule has 2 aliphatic rings. The highest BCUT2D eigenvalue weighted by atomic mass is 16.5. The minimum atomic E-state index is -0.619. The molecule has 1 heterocycles. The minimum Gasteiger partial charge on any atom is -0.381 e. The molecule has 1 spiro atoms. The third kappa shape index (κ3) is 3.57. The first kappa shape index (κ1) is 16.3. The van der Waals surface area contributed by atoms with Gasteiger partial charge in [0, 0.05) is 19.8 Å². The van der Waals surface area contributed by atoms with Gasteiger partial charge in [0.2, 0.25) is 11.8 Å². The minimum absolute atomic E-state index is 0.00836. The summed E-state index contributed by atoms with van der Waals surface area (Å²) in [6, 6.07) is -0.365. The van der Waals surface area contributed by atoms with Crippen LogP contribution in [-0.4, -0.2) is 48.1 Å². The maximum Gasteiger partial charge on any atom is 0.248 e. The molecule has 21 heavy (non-hydrogen) atoms. The molecule has 1 aliphatic heterocycles. The zero-order valence-electron chi connectivity index (χ0n) is 13.3. The SMILES string of the molecule is CCCOCCCN1C(=O)C2(CCCCC2)NC(=O)C1C. The van der Waals surface area contributed by atoms with Crippen molar-refractivity contribution in [1.82, 2.24) is 10.2 Å². The van der Waals surface area contributed by atoms with Crippen molar-refractivity contribution in [2.45, 2.75) is 70.4 Å². The van der Waals surface area contributed by atoms with Crippen molar-refractivity contribution in [1.29, 1.82) is 0 Å². The lowest BCUT2D eigenvalue weighted by atomic mass is 9.78. The second kappa shape index (κ2) is 7.25. The van der Waals surface area contributed by atoms with Gasteiger partial charge < -0.3 is 15.0 Å². The lowest BCUT2D eigenvalue weighted by molar-refractivity contribution is -0.156. The largest absolute Gasteiger partial charge is 0.381 e. The number of carbonyl (C=O) groups is 2. The summed E-state index contributed by atoms with van der Waals surface area (Å²) < 4.78 is 5.47. The summed E-state index contributed by atoms with van der Waals surface area (Å²) in [5, 5.41) is 3.01. The van der Waals surface area contributed by atoms with Crippen LogP contribution in [0.3, 0.4) is 0 Å². The van der Waals surface area contributed by atoms with Gasteiger partial charge in [-0.2, -0.15) is 0 Å². The van der Waals surface area contributed by atoms with E-state index in [0.717, 1.165) is 51.6 Å². The Hall–Kier alpha value is -1.10. The van der Waals surface area contributed by atoms with Crippen molar-refractivity contribution in [3.8, 4) is 0 Å². The lowest BCUT2D eigenvalue weighted by Crippen LogP contribution is -2.70. The molecule has 120 valence electrons. The summed E-state index contributed by atoms with van der Waals surface area (Å²) in [6.07, 6.45) is 6.57. The van der Waals surface area contributed by atoms with E-state index >= 15 is 0 Å². The Morgan fingerprint density at radius 1 is 1.24 bits per heavy atom. The summed E-state index contributed by atoms with van der Waals surface area (Å²) >= 11 is 0. The van der Waals surface area contributed by atoms with E-state index in [4.69, 9.17) is 4.74 Å². The first-order valence-electron chi connectivity index (χ1n) is 8.31. The average molecular weight is 296 g/mol. The summed E-state index contributed by atoms with van der Waals surface area (Å²) in [6.45, 7) is 5.91. The van der Waals surface area contributed by atoms with Crippen molar-refractivity contribution >= 4 is 11.8 Å². The lowest BCUT2D eigenvalue weighted by Gasteiger charge is -2.46. The van der Waals surface area contributed by atoms with Crippen LogP contribution in [0.15, 0.2) is 0 Å². The summed E-state index contributed by atoms with van der Waals surface area (Å²) in [5.74, 6) is 0.107. The van der Waals surface area contributed by atoms with Crippen LogP contribution < -0.4 is 5.32 Å². The molecule has 1 aliphatic carbocycles. The van der Waals surface area contributed by atoms with Crippen molar-refractivity contribution in [2.24, 2.45) is 0 Å². The zero-order chi connectivity index (χ0) is 15.3. The Morgan fingerprint density at radius 2 is 1.95 bits per heavy atom. The quantitative estimate of drug-likeness (QED) is 0.761. The van der Waals surface area contributed by atoms with E-state index in [1.807, 2.05) is 6.92 Å². The average Bonchev–Trinajstić information content (AvgIpc) is 2.49. The Morgan fingerprint density at radius 3 is 2.62 bits per heavy atom. The number of rotatable bonds is 6. The number of amides is 2. The molecule has 0 aromatic heterocycles. The summed E-state index contributed by atoms with van der Waals surface area (Å²) in [5.41, 5.74) is -0.619. The molecule has 1 atom stereocenters. The first-order valence-corrected chi connectivity index (χ1v) is 8.31. The molecular weight excluding hydrogens is 268 g/mol. The van der Waals surface area contributed by atoms with E-state index in [0.29, 0.717) is 13.2 Å². The first-order chi connectivity index (χ1) is 10.1. The van der Waals surface area contributed by atoms with Gasteiger partial charge >= 0.3 is 0 Å². The summed E-state index contributed by atoms with van der Waals surface area (Å²) in [4.78, 5) is 26.8. The molecule has 1 unspecified atom stereocenters. The fraction of sp³-hybridized carbons (Fsp3) is 0.875. The van der Waals surface area contributed by atoms with E-state index in [1.165, 1.54) is 0 Å². The number of carbonyl (C=O) groups excluding carboxylic acids is 2. The third-order valence-corrected chi connectivity index (χ3v) is 4.62. The molecule has 2 amide bonds. The maximum absolute atomic E-state index is 12.8. The Labute approximate surface area is 127 Å². The maximum atomic E-state index is 12.8. The van der Waals surface area contributed by atoms with Crippen molar-refractivity contribution in [2.75, 3.05) is 19.8 Å². The molecule has 1 saturated heterocycles. The van der Waals surface area contributed by atoms with Crippen LogP contribution in [0.4, 0.5) is 0 Å². The Kier molecular flexibility index (Phi) is 5.62. The standard InChI is InChI=1S/C16H28N2O3/c1-3-11-21-12-7-10-18-13(2)14(19)17-16(15(18)20)8-5-4-6-9-16/h13H,3-12H2,1-2H3,(H,17,19). The fourth-order valence-corrected chi connectivity index (χ4v) is 3.36. The van der Waals surface area contributed by atoms with Gasteiger partial charge in [0.15, 0.2) is 0 Å². The van der Waals surface area contributed by atoms with E-state index in [1.54, 1.807) is 4.90 Å². The molecule has 0 bridgehead atoms. The van der Waals surface area contributed by atoms with Crippen LogP contribution in [-0.2, 0) is 14.3 Å². The number of nitrogens with one attached hydrogen (secondary N) is 1. The van der Waals surface area contributed by atoms with Crippen molar-refractivity contribution in [3.63, 3.8) is 0 Å². The van der Waals surface area contributed by atoms with Crippen LogP contribution in [0.2, 0.25) is 0 Å². The number of hydrogen-bond donors (Lipinski definition) is 1. The van der Waals surface area contributed by atoms with Crippen LogP contribution in [0.1, 0.15) is 58.8 Å². The van der Waals surface area contributed by atoms with Gasteiger partial charge in [0.25, 0.3) is 0 Å². The molecule has 0 aromatic rings. The van der Waals surface area contributed by atoms with Gasteiger partial charge in [-0.25, -0.2) is 0 Å². The van der Waals surface area contributed by atoms with Gasteiger partial charge in [0.05, 0.1) is 0 Å². The predicted octanol–water partition coefficient (Wildman–Crippen LogP) is 1.85. The number of ether oxygens (including phenoxy) is 1. The molecule has 2 fully saturated rings. The highest BCUT2D eigenvalue weighted by molar-refractivity contribution is 5.99.